The Labute approximate surface area is 134 Å². The highest BCUT2D eigenvalue weighted by atomic mass is 35.5. The first-order valence-electron chi connectivity index (χ1n) is 4.85. The summed E-state index contributed by atoms with van der Waals surface area (Å²) in [6.45, 7) is 0. The average molecular weight is 359 g/mol. The molecule has 102 valence electrons. The largest absolute Gasteiger partial charge is 0.315 e. The van der Waals surface area contributed by atoms with Crippen LogP contribution in [0.1, 0.15) is 5.56 Å². The second kappa shape index (κ2) is 8.02. The minimum absolute atomic E-state index is 0.0716. The topological polar surface area (TPSA) is 43.1 Å². The molecule has 1 rings (SSSR count). The molecule has 0 bridgehead atoms. The number of nitrogens with zero attached hydrogens (tertiary/aromatic N) is 1. The highest BCUT2D eigenvalue weighted by molar-refractivity contribution is 8.03. The lowest BCUT2D eigenvalue weighted by molar-refractivity contribution is -0.419. The van der Waals surface area contributed by atoms with Crippen molar-refractivity contribution in [3.63, 3.8) is 0 Å². The van der Waals surface area contributed by atoms with Gasteiger partial charge < -0.3 is 0 Å². The van der Waals surface area contributed by atoms with Crippen molar-refractivity contribution < 1.29 is 4.92 Å². The monoisotopic (exact) mass is 357 g/mol. The van der Waals surface area contributed by atoms with Crippen LogP contribution in [0.3, 0.4) is 0 Å². The summed E-state index contributed by atoms with van der Waals surface area (Å²) in [6, 6.07) is 9.37. The van der Waals surface area contributed by atoms with Crippen LogP contribution in [-0.4, -0.2) is 4.92 Å². The molecular weight excluding hydrogens is 352 g/mol. The van der Waals surface area contributed by atoms with Gasteiger partial charge in [0.25, 0.3) is 0 Å². The molecule has 1 aromatic carbocycles. The lowest BCUT2D eigenvalue weighted by Crippen LogP contribution is -2.01. The molecule has 0 N–H and O–H groups in total. The Kier molecular flexibility index (Phi) is 7.04. The van der Waals surface area contributed by atoms with E-state index in [9.17, 15) is 10.1 Å². The number of allylic oxidation sites excluding steroid dienone is 1. The standard InChI is InChI=1S/C11H7Cl4NO2S/c12-8(10(13)14)9(16(17)18)11(15)19-6-7-4-2-1-3-5-7/h1-5H,6H2/b11-9+. The van der Waals surface area contributed by atoms with Crippen molar-refractivity contribution in [2.24, 2.45) is 0 Å². The highest BCUT2D eigenvalue weighted by Crippen LogP contribution is 2.35. The van der Waals surface area contributed by atoms with Crippen molar-refractivity contribution in [3.05, 3.63) is 65.6 Å². The predicted octanol–water partition coefficient (Wildman–Crippen LogP) is 5.49. The molecule has 3 nitrogen and oxygen atoms in total. The zero-order chi connectivity index (χ0) is 14.4. The number of hydrogen-bond acceptors (Lipinski definition) is 3. The molecule has 0 aliphatic carbocycles. The molecule has 0 saturated heterocycles. The van der Waals surface area contributed by atoms with E-state index in [2.05, 4.69) is 0 Å². The number of hydrogen-bond donors (Lipinski definition) is 0. The van der Waals surface area contributed by atoms with Gasteiger partial charge in [-0.15, -0.1) is 11.8 Å². The predicted molar refractivity (Wildman–Crippen MR) is 82.2 cm³/mol. The first kappa shape index (κ1) is 16.7. The molecule has 0 aliphatic rings. The van der Waals surface area contributed by atoms with Gasteiger partial charge >= 0.3 is 5.70 Å². The van der Waals surface area contributed by atoms with Crippen LogP contribution in [0.4, 0.5) is 0 Å². The summed E-state index contributed by atoms with van der Waals surface area (Å²) in [5.41, 5.74) is 0.481. The van der Waals surface area contributed by atoms with E-state index in [0.717, 1.165) is 17.3 Å². The molecule has 0 unspecified atom stereocenters. The minimum atomic E-state index is -0.715. The molecule has 0 radical (unpaired) electrons. The van der Waals surface area contributed by atoms with Gasteiger partial charge in [-0.05, 0) is 5.56 Å². The zero-order valence-corrected chi connectivity index (χ0v) is 13.1. The molecule has 8 heteroatoms. The van der Waals surface area contributed by atoms with Gasteiger partial charge in [0.1, 0.15) is 4.49 Å². The van der Waals surface area contributed by atoms with E-state index >= 15 is 0 Å². The Morgan fingerprint density at radius 3 is 2.21 bits per heavy atom. The number of benzene rings is 1. The summed E-state index contributed by atoms with van der Waals surface area (Å²) in [5.74, 6) is 0.473. The first-order chi connectivity index (χ1) is 8.93. The summed E-state index contributed by atoms with van der Waals surface area (Å²) in [7, 11) is 0. The van der Waals surface area contributed by atoms with Crippen LogP contribution < -0.4 is 0 Å². The normalized spacial score (nSPS) is 11.8. The van der Waals surface area contributed by atoms with Crippen molar-refractivity contribution >= 4 is 58.2 Å². The van der Waals surface area contributed by atoms with Gasteiger partial charge in [0.2, 0.25) is 0 Å². The van der Waals surface area contributed by atoms with Gasteiger partial charge in [-0.3, -0.25) is 10.1 Å². The third kappa shape index (κ3) is 5.24. The molecule has 0 heterocycles. The lowest BCUT2D eigenvalue weighted by Gasteiger charge is -2.02. The summed E-state index contributed by atoms with van der Waals surface area (Å²) in [4.78, 5) is 10.2. The third-order valence-corrected chi connectivity index (χ3v) is 4.32. The average Bonchev–Trinajstić information content (AvgIpc) is 2.37. The Hall–Kier alpha value is -0.390. The smallest absolute Gasteiger partial charge is 0.258 e. The number of halogens is 4. The fourth-order valence-corrected chi connectivity index (χ4v) is 2.69. The molecule has 0 saturated carbocycles. The molecule has 1 aromatic rings. The van der Waals surface area contributed by atoms with Crippen molar-refractivity contribution in [2.45, 2.75) is 5.75 Å². The highest BCUT2D eigenvalue weighted by Gasteiger charge is 2.24. The van der Waals surface area contributed by atoms with Gasteiger partial charge in [0, 0.05) is 5.75 Å². The van der Waals surface area contributed by atoms with Gasteiger partial charge in [-0.25, -0.2) is 0 Å². The van der Waals surface area contributed by atoms with Gasteiger partial charge in [0.05, 0.1) is 4.92 Å². The van der Waals surface area contributed by atoms with Crippen molar-refractivity contribution in [3.8, 4) is 0 Å². The molecule has 19 heavy (non-hydrogen) atoms. The van der Waals surface area contributed by atoms with E-state index in [4.69, 9.17) is 46.4 Å². The maximum absolute atomic E-state index is 10.9. The molecule has 0 aliphatic heterocycles. The second-order valence-electron chi connectivity index (χ2n) is 3.23. The van der Waals surface area contributed by atoms with E-state index in [1.165, 1.54) is 0 Å². The van der Waals surface area contributed by atoms with Crippen LogP contribution in [0, 0.1) is 10.1 Å². The lowest BCUT2D eigenvalue weighted by atomic mass is 10.2. The minimum Gasteiger partial charge on any atom is -0.258 e. The SMILES string of the molecule is O=[N+]([O-])/C(C(Cl)=C(Cl)Cl)=C(\Cl)SCc1ccccc1. The van der Waals surface area contributed by atoms with E-state index in [0.29, 0.717) is 5.75 Å². The number of thioether (sulfide) groups is 1. The Bertz CT molecular complexity index is 527. The van der Waals surface area contributed by atoms with Crippen LogP contribution in [0.2, 0.25) is 0 Å². The fourth-order valence-electron chi connectivity index (χ4n) is 1.12. The number of rotatable bonds is 5. The van der Waals surface area contributed by atoms with E-state index < -0.39 is 15.1 Å². The van der Waals surface area contributed by atoms with E-state index in [-0.39, 0.29) is 9.40 Å². The van der Waals surface area contributed by atoms with Crippen LogP contribution in [0.15, 0.2) is 49.9 Å². The molecule has 0 aromatic heterocycles. The first-order valence-corrected chi connectivity index (χ1v) is 7.35. The molecule has 0 fully saturated rings. The van der Waals surface area contributed by atoms with Crippen LogP contribution in [-0.2, 0) is 5.75 Å². The fraction of sp³-hybridized carbons (Fsp3) is 0.0909. The summed E-state index contributed by atoms with van der Waals surface area (Å²) < 4.78 is -0.468. The van der Waals surface area contributed by atoms with Crippen molar-refractivity contribution in [1.29, 1.82) is 0 Å². The molecule has 0 spiro atoms. The maximum Gasteiger partial charge on any atom is 0.315 e. The van der Waals surface area contributed by atoms with Gasteiger partial charge in [0.15, 0.2) is 9.40 Å². The van der Waals surface area contributed by atoms with E-state index in [1.807, 2.05) is 30.3 Å². The van der Waals surface area contributed by atoms with Gasteiger partial charge in [-0.1, -0.05) is 76.7 Å². The van der Waals surface area contributed by atoms with Crippen LogP contribution in [0.25, 0.3) is 0 Å². The second-order valence-corrected chi connectivity index (χ2v) is 6.14. The Morgan fingerprint density at radius 1 is 1.16 bits per heavy atom. The molecule has 0 amide bonds. The van der Waals surface area contributed by atoms with Gasteiger partial charge in [-0.2, -0.15) is 0 Å². The van der Waals surface area contributed by atoms with Crippen molar-refractivity contribution in [2.75, 3.05) is 0 Å². The number of nitro groups is 1. The summed E-state index contributed by atoms with van der Waals surface area (Å²) in [6.07, 6.45) is 0. The van der Waals surface area contributed by atoms with Crippen LogP contribution >= 0.6 is 58.2 Å². The Balaban J connectivity index is 2.93. The molecule has 0 atom stereocenters. The van der Waals surface area contributed by atoms with Crippen LogP contribution in [0.5, 0.6) is 0 Å². The summed E-state index contributed by atoms with van der Waals surface area (Å²) in [5, 5.41) is 10.5. The Morgan fingerprint density at radius 2 is 1.74 bits per heavy atom. The third-order valence-electron chi connectivity index (χ3n) is 1.95. The van der Waals surface area contributed by atoms with E-state index in [1.54, 1.807) is 0 Å². The summed E-state index contributed by atoms with van der Waals surface area (Å²) >= 11 is 23.5. The van der Waals surface area contributed by atoms with Crippen molar-refractivity contribution in [1.82, 2.24) is 0 Å². The maximum atomic E-state index is 10.9. The quantitative estimate of drug-likeness (QED) is 0.397. The molecular formula is C11H7Cl4NO2S. The zero-order valence-electron chi connectivity index (χ0n) is 9.28.